The fourth-order valence-electron chi connectivity index (χ4n) is 2.87. The maximum absolute atomic E-state index is 14.2. The van der Waals surface area contributed by atoms with Crippen molar-refractivity contribution in [2.75, 3.05) is 10.6 Å². The SMILES string of the molecule is CCc1ccc([C@@H](C)NC(=O)[C@@H](C)N(c2ccccc2F)S(C)(=O)=O)cc1. The van der Waals surface area contributed by atoms with Crippen LogP contribution in [-0.2, 0) is 21.2 Å². The van der Waals surface area contributed by atoms with Gasteiger partial charge in [-0.3, -0.25) is 9.10 Å². The summed E-state index contributed by atoms with van der Waals surface area (Å²) in [5, 5.41) is 2.81. The summed E-state index contributed by atoms with van der Waals surface area (Å²) < 4.78 is 39.4. The van der Waals surface area contributed by atoms with E-state index >= 15 is 0 Å². The van der Waals surface area contributed by atoms with Gasteiger partial charge in [-0.15, -0.1) is 0 Å². The highest BCUT2D eigenvalue weighted by atomic mass is 32.2. The largest absolute Gasteiger partial charge is 0.348 e. The molecule has 7 heteroatoms. The Balaban J connectivity index is 2.23. The number of para-hydroxylation sites is 1. The van der Waals surface area contributed by atoms with E-state index in [4.69, 9.17) is 0 Å². The van der Waals surface area contributed by atoms with E-state index in [-0.39, 0.29) is 11.7 Å². The molecule has 0 aliphatic heterocycles. The lowest BCUT2D eigenvalue weighted by atomic mass is 10.0. The van der Waals surface area contributed by atoms with Crippen LogP contribution in [0.3, 0.4) is 0 Å². The molecule has 27 heavy (non-hydrogen) atoms. The average Bonchev–Trinajstić information content (AvgIpc) is 2.62. The maximum Gasteiger partial charge on any atom is 0.244 e. The first-order valence-electron chi connectivity index (χ1n) is 8.78. The molecule has 0 saturated carbocycles. The van der Waals surface area contributed by atoms with E-state index < -0.39 is 27.8 Å². The van der Waals surface area contributed by atoms with E-state index in [1.165, 1.54) is 30.7 Å². The van der Waals surface area contributed by atoms with Crippen molar-refractivity contribution < 1.29 is 17.6 Å². The van der Waals surface area contributed by atoms with E-state index in [9.17, 15) is 17.6 Å². The van der Waals surface area contributed by atoms with Crippen LogP contribution in [0.25, 0.3) is 0 Å². The minimum absolute atomic E-state index is 0.150. The van der Waals surface area contributed by atoms with Crippen LogP contribution in [0.5, 0.6) is 0 Å². The molecule has 2 aromatic rings. The molecule has 0 bridgehead atoms. The van der Waals surface area contributed by atoms with Gasteiger partial charge in [0.05, 0.1) is 18.0 Å². The summed E-state index contributed by atoms with van der Waals surface area (Å²) in [5.41, 5.74) is 1.94. The van der Waals surface area contributed by atoms with Crippen molar-refractivity contribution in [1.82, 2.24) is 5.32 Å². The van der Waals surface area contributed by atoms with Crippen LogP contribution in [0.4, 0.5) is 10.1 Å². The lowest BCUT2D eigenvalue weighted by Gasteiger charge is -2.29. The quantitative estimate of drug-likeness (QED) is 0.785. The van der Waals surface area contributed by atoms with E-state index in [1.54, 1.807) is 0 Å². The zero-order valence-corrected chi connectivity index (χ0v) is 16.8. The number of halogens is 1. The van der Waals surface area contributed by atoms with Crippen LogP contribution >= 0.6 is 0 Å². The molecule has 0 fully saturated rings. The van der Waals surface area contributed by atoms with Crippen molar-refractivity contribution in [3.8, 4) is 0 Å². The highest BCUT2D eigenvalue weighted by Crippen LogP contribution is 2.24. The summed E-state index contributed by atoms with van der Waals surface area (Å²) in [7, 11) is -3.86. The summed E-state index contributed by atoms with van der Waals surface area (Å²) in [6, 6.07) is 11.9. The second-order valence-corrected chi connectivity index (χ2v) is 8.37. The highest BCUT2D eigenvalue weighted by molar-refractivity contribution is 7.92. The molecule has 1 N–H and O–H groups in total. The van der Waals surface area contributed by atoms with Gasteiger partial charge in [-0.2, -0.15) is 0 Å². The molecule has 0 radical (unpaired) electrons. The minimum atomic E-state index is -3.86. The molecule has 0 saturated heterocycles. The second kappa shape index (κ2) is 8.52. The third-order valence-corrected chi connectivity index (χ3v) is 5.65. The van der Waals surface area contributed by atoms with Crippen molar-refractivity contribution in [3.63, 3.8) is 0 Å². The van der Waals surface area contributed by atoms with Crippen molar-refractivity contribution >= 4 is 21.6 Å². The predicted octanol–water partition coefficient (Wildman–Crippen LogP) is 3.42. The Morgan fingerprint density at radius 1 is 1.11 bits per heavy atom. The number of hydrogen-bond donors (Lipinski definition) is 1. The van der Waals surface area contributed by atoms with Crippen LogP contribution in [0.15, 0.2) is 48.5 Å². The Kier molecular flexibility index (Phi) is 6.59. The first-order chi connectivity index (χ1) is 12.6. The summed E-state index contributed by atoms with van der Waals surface area (Å²) in [5.74, 6) is -1.21. The Bertz CT molecular complexity index is 898. The molecular weight excluding hydrogens is 367 g/mol. The number of carbonyl (C=O) groups is 1. The number of benzene rings is 2. The number of carbonyl (C=O) groups excluding carboxylic acids is 1. The third kappa shape index (κ3) is 5.07. The van der Waals surface area contributed by atoms with Crippen LogP contribution < -0.4 is 9.62 Å². The number of aryl methyl sites for hydroxylation is 1. The van der Waals surface area contributed by atoms with Gasteiger partial charge < -0.3 is 5.32 Å². The van der Waals surface area contributed by atoms with Crippen LogP contribution in [0, 0.1) is 5.82 Å². The molecular formula is C20H25FN2O3S. The molecule has 0 aliphatic rings. The first kappa shape index (κ1) is 20.9. The van der Waals surface area contributed by atoms with E-state index in [0.717, 1.165) is 28.6 Å². The Labute approximate surface area is 160 Å². The van der Waals surface area contributed by atoms with Gasteiger partial charge in [0, 0.05) is 0 Å². The number of anilines is 1. The van der Waals surface area contributed by atoms with Crippen molar-refractivity contribution in [1.29, 1.82) is 0 Å². The molecule has 146 valence electrons. The molecule has 0 aliphatic carbocycles. The molecule has 0 aromatic heterocycles. The molecule has 2 aromatic carbocycles. The van der Waals surface area contributed by atoms with Gasteiger partial charge in [-0.1, -0.05) is 43.3 Å². The Morgan fingerprint density at radius 3 is 2.22 bits per heavy atom. The average molecular weight is 392 g/mol. The van der Waals surface area contributed by atoms with E-state index in [2.05, 4.69) is 12.2 Å². The van der Waals surface area contributed by atoms with Crippen molar-refractivity contribution in [2.45, 2.75) is 39.3 Å². The summed E-state index contributed by atoms with van der Waals surface area (Å²) >= 11 is 0. The number of nitrogens with zero attached hydrogens (tertiary/aromatic N) is 1. The lowest BCUT2D eigenvalue weighted by Crippen LogP contribution is -2.48. The standard InChI is InChI=1S/C20H25FN2O3S/c1-5-16-10-12-17(13-11-16)14(2)22-20(24)15(3)23(27(4,25)26)19-9-7-6-8-18(19)21/h6-15H,5H2,1-4H3,(H,22,24)/t14-,15-/m1/s1. The highest BCUT2D eigenvalue weighted by Gasteiger charge is 2.31. The number of amides is 1. The van der Waals surface area contributed by atoms with Gasteiger partial charge in [0.2, 0.25) is 15.9 Å². The Hall–Kier alpha value is -2.41. The van der Waals surface area contributed by atoms with Gasteiger partial charge in [0.1, 0.15) is 11.9 Å². The zero-order chi connectivity index (χ0) is 20.2. The molecule has 2 rings (SSSR count). The fourth-order valence-corrected chi connectivity index (χ4v) is 4.05. The molecule has 1 amide bonds. The number of sulfonamides is 1. The molecule has 2 atom stereocenters. The monoisotopic (exact) mass is 392 g/mol. The Morgan fingerprint density at radius 2 is 1.70 bits per heavy atom. The van der Waals surface area contributed by atoms with Gasteiger partial charge in [-0.25, -0.2) is 12.8 Å². The van der Waals surface area contributed by atoms with Gasteiger partial charge in [-0.05, 0) is 43.5 Å². The van der Waals surface area contributed by atoms with Crippen molar-refractivity contribution in [3.05, 3.63) is 65.5 Å². The molecule has 0 heterocycles. The maximum atomic E-state index is 14.2. The summed E-state index contributed by atoms with van der Waals surface area (Å²) in [6.07, 6.45) is 1.88. The summed E-state index contributed by atoms with van der Waals surface area (Å²) in [4.78, 5) is 12.7. The molecule has 5 nitrogen and oxygen atoms in total. The first-order valence-corrected chi connectivity index (χ1v) is 10.6. The second-order valence-electron chi connectivity index (χ2n) is 6.51. The molecule has 0 spiro atoms. The predicted molar refractivity (Wildman–Crippen MR) is 106 cm³/mol. The number of nitrogens with one attached hydrogen (secondary N) is 1. The third-order valence-electron chi connectivity index (χ3n) is 4.43. The summed E-state index contributed by atoms with van der Waals surface area (Å²) in [6.45, 7) is 5.32. The normalized spacial score (nSPS) is 13.7. The smallest absolute Gasteiger partial charge is 0.244 e. The van der Waals surface area contributed by atoms with Gasteiger partial charge in [0.25, 0.3) is 0 Å². The van der Waals surface area contributed by atoms with Crippen LogP contribution in [0.1, 0.15) is 37.9 Å². The minimum Gasteiger partial charge on any atom is -0.348 e. The molecule has 0 unspecified atom stereocenters. The van der Waals surface area contributed by atoms with E-state index in [0.29, 0.717) is 0 Å². The number of rotatable bonds is 7. The number of hydrogen-bond acceptors (Lipinski definition) is 3. The van der Waals surface area contributed by atoms with Gasteiger partial charge in [0.15, 0.2) is 0 Å². The van der Waals surface area contributed by atoms with Crippen LogP contribution in [-0.4, -0.2) is 26.6 Å². The zero-order valence-electron chi connectivity index (χ0n) is 15.9. The van der Waals surface area contributed by atoms with Crippen LogP contribution in [0.2, 0.25) is 0 Å². The topological polar surface area (TPSA) is 66.5 Å². The van der Waals surface area contributed by atoms with E-state index in [1.807, 2.05) is 31.2 Å². The van der Waals surface area contributed by atoms with Crippen molar-refractivity contribution in [2.24, 2.45) is 0 Å². The van der Waals surface area contributed by atoms with Gasteiger partial charge >= 0.3 is 0 Å². The lowest BCUT2D eigenvalue weighted by molar-refractivity contribution is -0.122. The fraction of sp³-hybridized carbons (Fsp3) is 0.350.